The van der Waals surface area contributed by atoms with Crippen molar-refractivity contribution in [1.29, 1.82) is 0 Å². The van der Waals surface area contributed by atoms with Crippen molar-refractivity contribution in [3.05, 3.63) is 35.6 Å². The standard InChI is InChI=1S/C11H16O/c1-8-5-6-9(12)7-10(8)11(2,3)4/h6-7,12H,1,5H2,2-4H3. The van der Waals surface area contributed by atoms with Gasteiger partial charge in [0.25, 0.3) is 0 Å². The van der Waals surface area contributed by atoms with Crippen LogP contribution in [0.25, 0.3) is 0 Å². The van der Waals surface area contributed by atoms with E-state index in [0.29, 0.717) is 5.76 Å². The average Bonchev–Trinajstić information content (AvgIpc) is 1.92. The molecule has 0 aromatic carbocycles. The van der Waals surface area contributed by atoms with E-state index in [1.807, 2.05) is 6.08 Å². The fraction of sp³-hybridized carbons (Fsp3) is 0.455. The highest BCUT2D eigenvalue weighted by Gasteiger charge is 2.21. The molecular weight excluding hydrogens is 148 g/mol. The maximum Gasteiger partial charge on any atom is 0.112 e. The van der Waals surface area contributed by atoms with Gasteiger partial charge in [0.2, 0.25) is 0 Å². The maximum absolute atomic E-state index is 9.30. The van der Waals surface area contributed by atoms with Crippen molar-refractivity contribution in [3.63, 3.8) is 0 Å². The van der Waals surface area contributed by atoms with Crippen molar-refractivity contribution in [1.82, 2.24) is 0 Å². The topological polar surface area (TPSA) is 20.2 Å². The molecule has 0 fully saturated rings. The van der Waals surface area contributed by atoms with Crippen molar-refractivity contribution in [2.24, 2.45) is 5.41 Å². The van der Waals surface area contributed by atoms with E-state index in [4.69, 9.17) is 0 Å². The summed E-state index contributed by atoms with van der Waals surface area (Å²) in [6, 6.07) is 0. The van der Waals surface area contributed by atoms with Crippen LogP contribution < -0.4 is 0 Å². The molecule has 0 saturated heterocycles. The molecule has 0 spiro atoms. The second kappa shape index (κ2) is 2.81. The van der Waals surface area contributed by atoms with Crippen LogP contribution >= 0.6 is 0 Å². The molecule has 1 aliphatic carbocycles. The Morgan fingerprint density at radius 1 is 1.42 bits per heavy atom. The molecule has 66 valence electrons. The lowest BCUT2D eigenvalue weighted by molar-refractivity contribution is 0.419. The lowest BCUT2D eigenvalue weighted by Gasteiger charge is -2.26. The zero-order chi connectivity index (χ0) is 9.35. The molecule has 0 radical (unpaired) electrons. The fourth-order valence-electron chi connectivity index (χ4n) is 1.39. The summed E-state index contributed by atoms with van der Waals surface area (Å²) in [6.07, 6.45) is 4.37. The highest BCUT2D eigenvalue weighted by atomic mass is 16.3. The Balaban J connectivity index is 3.02. The molecule has 0 aliphatic heterocycles. The molecule has 0 aromatic rings. The van der Waals surface area contributed by atoms with Gasteiger partial charge in [0.15, 0.2) is 0 Å². The third-order valence-corrected chi connectivity index (χ3v) is 2.04. The first-order chi connectivity index (χ1) is 5.41. The van der Waals surface area contributed by atoms with Gasteiger partial charge in [-0.3, -0.25) is 0 Å². The summed E-state index contributed by atoms with van der Waals surface area (Å²) in [5.74, 6) is 0.368. The third-order valence-electron chi connectivity index (χ3n) is 2.04. The van der Waals surface area contributed by atoms with Crippen LogP contribution in [0.5, 0.6) is 0 Å². The lowest BCUT2D eigenvalue weighted by atomic mass is 9.79. The van der Waals surface area contributed by atoms with Crippen LogP contribution in [-0.4, -0.2) is 5.11 Å². The quantitative estimate of drug-likeness (QED) is 0.582. The molecule has 0 bridgehead atoms. The van der Waals surface area contributed by atoms with Gasteiger partial charge in [0.1, 0.15) is 5.76 Å². The van der Waals surface area contributed by atoms with E-state index in [-0.39, 0.29) is 5.41 Å². The van der Waals surface area contributed by atoms with E-state index in [2.05, 4.69) is 27.4 Å². The Labute approximate surface area is 74.1 Å². The summed E-state index contributed by atoms with van der Waals surface area (Å²) in [5, 5.41) is 9.30. The van der Waals surface area contributed by atoms with Crippen LogP contribution in [0.2, 0.25) is 0 Å². The van der Waals surface area contributed by atoms with Crippen molar-refractivity contribution in [3.8, 4) is 0 Å². The molecule has 1 nitrogen and oxygen atoms in total. The Kier molecular flexibility index (Phi) is 2.14. The molecule has 1 N–H and O–H groups in total. The molecule has 0 saturated carbocycles. The molecule has 0 atom stereocenters. The summed E-state index contributed by atoms with van der Waals surface area (Å²) in [7, 11) is 0. The zero-order valence-corrected chi connectivity index (χ0v) is 8.02. The number of aliphatic hydroxyl groups excluding tert-OH is 1. The minimum Gasteiger partial charge on any atom is -0.508 e. The highest BCUT2D eigenvalue weighted by Crippen LogP contribution is 2.35. The van der Waals surface area contributed by atoms with Crippen LogP contribution in [0.1, 0.15) is 27.2 Å². The SMILES string of the molecule is C=C1CC=C(O)C=C1C(C)(C)C. The first-order valence-electron chi connectivity index (χ1n) is 4.20. The van der Waals surface area contributed by atoms with Crippen molar-refractivity contribution < 1.29 is 5.11 Å². The van der Waals surface area contributed by atoms with Gasteiger partial charge in [-0.15, -0.1) is 0 Å². The first-order valence-corrected chi connectivity index (χ1v) is 4.20. The summed E-state index contributed by atoms with van der Waals surface area (Å²) in [5.41, 5.74) is 2.35. The van der Waals surface area contributed by atoms with E-state index in [0.717, 1.165) is 17.6 Å². The van der Waals surface area contributed by atoms with E-state index >= 15 is 0 Å². The van der Waals surface area contributed by atoms with Crippen LogP contribution in [0, 0.1) is 5.41 Å². The summed E-state index contributed by atoms with van der Waals surface area (Å²) in [4.78, 5) is 0. The van der Waals surface area contributed by atoms with Crippen molar-refractivity contribution >= 4 is 0 Å². The predicted molar refractivity (Wildman–Crippen MR) is 52.0 cm³/mol. The largest absolute Gasteiger partial charge is 0.508 e. The van der Waals surface area contributed by atoms with Gasteiger partial charge in [0.05, 0.1) is 0 Å². The molecule has 0 heterocycles. The maximum atomic E-state index is 9.30. The van der Waals surface area contributed by atoms with E-state index in [9.17, 15) is 5.11 Å². The van der Waals surface area contributed by atoms with Crippen molar-refractivity contribution in [2.45, 2.75) is 27.2 Å². The minimum atomic E-state index is 0.0827. The van der Waals surface area contributed by atoms with E-state index in [1.165, 1.54) is 0 Å². The second-order valence-corrected chi connectivity index (χ2v) is 4.24. The summed E-state index contributed by atoms with van der Waals surface area (Å²) < 4.78 is 0. The number of hydrogen-bond acceptors (Lipinski definition) is 1. The monoisotopic (exact) mass is 164 g/mol. The molecule has 0 aromatic heterocycles. The van der Waals surface area contributed by atoms with Gasteiger partial charge < -0.3 is 5.11 Å². The Bertz CT molecular complexity index is 261. The van der Waals surface area contributed by atoms with Gasteiger partial charge in [-0.05, 0) is 35.1 Å². The van der Waals surface area contributed by atoms with Gasteiger partial charge in [-0.1, -0.05) is 27.4 Å². The van der Waals surface area contributed by atoms with Crippen LogP contribution in [0.3, 0.4) is 0 Å². The average molecular weight is 164 g/mol. The van der Waals surface area contributed by atoms with Gasteiger partial charge >= 0.3 is 0 Å². The highest BCUT2D eigenvalue weighted by molar-refractivity contribution is 5.42. The van der Waals surface area contributed by atoms with E-state index < -0.39 is 0 Å². The van der Waals surface area contributed by atoms with Crippen LogP contribution in [-0.2, 0) is 0 Å². The Morgan fingerprint density at radius 3 is 2.42 bits per heavy atom. The van der Waals surface area contributed by atoms with E-state index in [1.54, 1.807) is 6.08 Å². The normalized spacial score (nSPS) is 18.8. The number of rotatable bonds is 0. The number of hydrogen-bond donors (Lipinski definition) is 1. The number of aliphatic hydroxyl groups is 1. The van der Waals surface area contributed by atoms with Crippen LogP contribution in [0.15, 0.2) is 35.6 Å². The Hall–Kier alpha value is -0.980. The van der Waals surface area contributed by atoms with Gasteiger partial charge in [0, 0.05) is 0 Å². The predicted octanol–water partition coefficient (Wildman–Crippen LogP) is 3.36. The molecule has 1 heteroatoms. The number of allylic oxidation sites excluding steroid dienone is 4. The lowest BCUT2D eigenvalue weighted by Crippen LogP contribution is -2.13. The van der Waals surface area contributed by atoms with Gasteiger partial charge in [-0.25, -0.2) is 0 Å². The smallest absolute Gasteiger partial charge is 0.112 e. The molecule has 1 aliphatic rings. The molecule has 0 unspecified atom stereocenters. The fourth-order valence-corrected chi connectivity index (χ4v) is 1.39. The van der Waals surface area contributed by atoms with Gasteiger partial charge in [-0.2, -0.15) is 0 Å². The molecule has 1 rings (SSSR count). The van der Waals surface area contributed by atoms with Crippen molar-refractivity contribution in [2.75, 3.05) is 0 Å². The second-order valence-electron chi connectivity index (χ2n) is 4.24. The third kappa shape index (κ3) is 1.79. The zero-order valence-electron chi connectivity index (χ0n) is 8.02. The minimum absolute atomic E-state index is 0.0827. The summed E-state index contributed by atoms with van der Waals surface area (Å²) >= 11 is 0. The molecule has 0 amide bonds. The Morgan fingerprint density at radius 2 is 2.00 bits per heavy atom. The first kappa shape index (κ1) is 9.11. The molecule has 12 heavy (non-hydrogen) atoms. The van der Waals surface area contributed by atoms with Crippen LogP contribution in [0.4, 0.5) is 0 Å². The molecular formula is C11H16O. The summed E-state index contributed by atoms with van der Waals surface area (Å²) in [6.45, 7) is 10.4.